The molecule has 0 aliphatic carbocycles. The van der Waals surface area contributed by atoms with Crippen molar-refractivity contribution in [3.8, 4) is 0 Å². The molecule has 0 atom stereocenters. The molecule has 2 aromatic heterocycles. The maximum atomic E-state index is 11.7. The Bertz CT molecular complexity index is 584. The van der Waals surface area contributed by atoms with E-state index in [1.54, 1.807) is 29.9 Å². The predicted molar refractivity (Wildman–Crippen MR) is 76.7 cm³/mol. The molecule has 1 amide bonds. The molecule has 0 aromatic carbocycles. The van der Waals surface area contributed by atoms with Crippen molar-refractivity contribution in [1.29, 1.82) is 0 Å². The van der Waals surface area contributed by atoms with Gasteiger partial charge in [-0.25, -0.2) is 4.98 Å². The number of hydrogen-bond acceptors (Lipinski definition) is 6. The number of nitrogens with one attached hydrogen (secondary N) is 1. The van der Waals surface area contributed by atoms with E-state index >= 15 is 0 Å². The van der Waals surface area contributed by atoms with Gasteiger partial charge in [0.15, 0.2) is 5.16 Å². The van der Waals surface area contributed by atoms with Gasteiger partial charge in [0.1, 0.15) is 5.82 Å². The van der Waals surface area contributed by atoms with Crippen LogP contribution in [-0.2, 0) is 11.8 Å². The molecular weight excluding hydrogens is 332 g/mol. The first-order chi connectivity index (χ1) is 9.06. The average molecular weight is 343 g/mol. The largest absolute Gasteiger partial charge is 0.368 e. The third kappa shape index (κ3) is 3.67. The van der Waals surface area contributed by atoms with Crippen LogP contribution in [-0.4, -0.2) is 31.4 Å². The Morgan fingerprint density at radius 1 is 1.53 bits per heavy atom. The molecule has 2 aromatic rings. The lowest BCUT2D eigenvalue weighted by atomic mass is 10.4. The molecule has 0 radical (unpaired) electrons. The summed E-state index contributed by atoms with van der Waals surface area (Å²) in [7, 11) is 1.74. The van der Waals surface area contributed by atoms with Crippen molar-refractivity contribution < 1.29 is 4.79 Å². The summed E-state index contributed by atoms with van der Waals surface area (Å²) in [6.07, 6.45) is 1.62. The highest BCUT2D eigenvalue weighted by Gasteiger charge is 2.09. The summed E-state index contributed by atoms with van der Waals surface area (Å²) in [5.74, 6) is 0.870. The lowest BCUT2D eigenvalue weighted by molar-refractivity contribution is -0.113. The van der Waals surface area contributed by atoms with E-state index in [0.717, 1.165) is 4.47 Å². The second-order valence-corrected chi connectivity index (χ2v) is 5.46. The van der Waals surface area contributed by atoms with E-state index < -0.39 is 0 Å². The maximum absolute atomic E-state index is 11.7. The van der Waals surface area contributed by atoms with Gasteiger partial charge in [0, 0.05) is 17.7 Å². The van der Waals surface area contributed by atoms with Gasteiger partial charge in [-0.05, 0) is 28.1 Å². The Labute approximate surface area is 122 Å². The molecule has 0 aliphatic rings. The molecule has 19 heavy (non-hydrogen) atoms. The lowest BCUT2D eigenvalue weighted by Crippen LogP contribution is -2.15. The van der Waals surface area contributed by atoms with Gasteiger partial charge in [-0.15, -0.1) is 10.2 Å². The molecule has 0 aliphatic heterocycles. The Morgan fingerprint density at radius 2 is 2.32 bits per heavy atom. The fourth-order valence-corrected chi connectivity index (χ4v) is 2.16. The van der Waals surface area contributed by atoms with Crippen LogP contribution in [0.3, 0.4) is 0 Å². The predicted octanol–water partition coefficient (Wildman–Crippen LogP) is 1.29. The first-order valence-electron chi connectivity index (χ1n) is 5.25. The maximum Gasteiger partial charge on any atom is 0.236 e. The van der Waals surface area contributed by atoms with E-state index in [0.29, 0.717) is 16.9 Å². The van der Waals surface area contributed by atoms with Gasteiger partial charge in [0.05, 0.1) is 5.75 Å². The zero-order chi connectivity index (χ0) is 13.8. The number of amides is 1. The van der Waals surface area contributed by atoms with Crippen LogP contribution in [0.1, 0.15) is 0 Å². The van der Waals surface area contributed by atoms with E-state index in [4.69, 9.17) is 5.73 Å². The molecule has 0 saturated heterocycles. The Balaban J connectivity index is 1.88. The highest BCUT2D eigenvalue weighted by Crippen LogP contribution is 2.17. The fraction of sp³-hybridized carbons (Fsp3) is 0.200. The molecule has 3 N–H and O–H groups in total. The van der Waals surface area contributed by atoms with Gasteiger partial charge < -0.3 is 11.1 Å². The van der Waals surface area contributed by atoms with Crippen molar-refractivity contribution in [1.82, 2.24) is 19.7 Å². The van der Waals surface area contributed by atoms with E-state index in [-0.39, 0.29) is 11.7 Å². The monoisotopic (exact) mass is 342 g/mol. The molecule has 2 rings (SSSR count). The van der Waals surface area contributed by atoms with E-state index in [1.165, 1.54) is 11.8 Å². The first kappa shape index (κ1) is 13.8. The van der Waals surface area contributed by atoms with Gasteiger partial charge >= 0.3 is 0 Å². The Hall–Kier alpha value is -1.61. The van der Waals surface area contributed by atoms with Crippen molar-refractivity contribution in [3.63, 3.8) is 0 Å². The molecule has 9 heteroatoms. The van der Waals surface area contributed by atoms with Crippen LogP contribution in [0.15, 0.2) is 28.0 Å². The Morgan fingerprint density at radius 3 is 2.89 bits per heavy atom. The van der Waals surface area contributed by atoms with Gasteiger partial charge in [-0.2, -0.15) is 0 Å². The number of hydrogen-bond donors (Lipinski definition) is 2. The SMILES string of the molecule is Cn1c(N)nnc1SCC(=O)Nc1ccc(Br)cn1. The number of nitrogen functional groups attached to an aromatic ring is 1. The Kier molecular flexibility index (Phi) is 4.38. The van der Waals surface area contributed by atoms with Gasteiger partial charge in [-0.3, -0.25) is 9.36 Å². The van der Waals surface area contributed by atoms with Gasteiger partial charge in [0.2, 0.25) is 11.9 Å². The standard InChI is InChI=1S/C10H11BrN6OS/c1-17-9(12)15-16-10(17)19-5-8(18)14-7-3-2-6(11)4-13-7/h2-4H,5H2,1H3,(H2,12,15)(H,13,14,18). The number of rotatable bonds is 4. The van der Waals surface area contributed by atoms with Crippen molar-refractivity contribution in [3.05, 3.63) is 22.8 Å². The molecule has 0 fully saturated rings. The third-order valence-electron chi connectivity index (χ3n) is 2.20. The summed E-state index contributed by atoms with van der Waals surface area (Å²) >= 11 is 4.53. The molecule has 2 heterocycles. The highest BCUT2D eigenvalue weighted by atomic mass is 79.9. The lowest BCUT2D eigenvalue weighted by Gasteiger charge is -2.04. The number of nitrogens with two attached hydrogens (primary N) is 1. The minimum Gasteiger partial charge on any atom is -0.368 e. The van der Waals surface area contributed by atoms with Crippen LogP contribution in [0.25, 0.3) is 0 Å². The summed E-state index contributed by atoms with van der Waals surface area (Å²) in [6, 6.07) is 3.52. The summed E-state index contributed by atoms with van der Waals surface area (Å²) < 4.78 is 2.48. The summed E-state index contributed by atoms with van der Waals surface area (Å²) in [5.41, 5.74) is 5.55. The minimum atomic E-state index is -0.165. The normalized spacial score (nSPS) is 10.4. The van der Waals surface area contributed by atoms with Crippen LogP contribution in [0.4, 0.5) is 11.8 Å². The van der Waals surface area contributed by atoms with Crippen LogP contribution in [0, 0.1) is 0 Å². The molecule has 100 valence electrons. The van der Waals surface area contributed by atoms with Crippen LogP contribution in [0.2, 0.25) is 0 Å². The van der Waals surface area contributed by atoms with Gasteiger partial charge in [-0.1, -0.05) is 11.8 Å². The molecule has 0 unspecified atom stereocenters. The van der Waals surface area contributed by atoms with Crippen molar-refractivity contribution >= 4 is 45.4 Å². The van der Waals surface area contributed by atoms with E-state index in [9.17, 15) is 4.79 Å². The number of halogens is 1. The van der Waals surface area contributed by atoms with Crippen molar-refractivity contribution in [2.24, 2.45) is 7.05 Å². The summed E-state index contributed by atoms with van der Waals surface area (Å²) in [4.78, 5) is 15.8. The number of carbonyl (C=O) groups is 1. The zero-order valence-corrected chi connectivity index (χ0v) is 12.4. The number of pyridine rings is 1. The number of thioether (sulfide) groups is 1. The molecule has 7 nitrogen and oxygen atoms in total. The van der Waals surface area contributed by atoms with Crippen LogP contribution < -0.4 is 11.1 Å². The number of carbonyl (C=O) groups excluding carboxylic acids is 1. The second-order valence-electron chi connectivity index (χ2n) is 3.60. The first-order valence-corrected chi connectivity index (χ1v) is 7.03. The van der Waals surface area contributed by atoms with Crippen LogP contribution in [0.5, 0.6) is 0 Å². The molecule has 0 spiro atoms. The summed E-state index contributed by atoms with van der Waals surface area (Å²) in [5, 5.41) is 10.8. The average Bonchev–Trinajstić information content (AvgIpc) is 2.70. The third-order valence-corrected chi connectivity index (χ3v) is 3.69. The van der Waals surface area contributed by atoms with Crippen molar-refractivity contribution in [2.75, 3.05) is 16.8 Å². The zero-order valence-electron chi connectivity index (χ0n) is 10.00. The van der Waals surface area contributed by atoms with E-state index in [1.807, 2.05) is 0 Å². The fourth-order valence-electron chi connectivity index (χ4n) is 1.21. The number of aromatic nitrogens is 4. The summed E-state index contributed by atoms with van der Waals surface area (Å²) in [6.45, 7) is 0. The molecule has 0 saturated carbocycles. The number of nitrogens with zero attached hydrogens (tertiary/aromatic N) is 4. The van der Waals surface area contributed by atoms with Crippen LogP contribution >= 0.6 is 27.7 Å². The highest BCUT2D eigenvalue weighted by molar-refractivity contribution is 9.10. The quantitative estimate of drug-likeness (QED) is 0.812. The van der Waals surface area contributed by atoms with Crippen molar-refractivity contribution in [2.45, 2.75) is 5.16 Å². The second kappa shape index (κ2) is 6.02. The van der Waals surface area contributed by atoms with E-state index in [2.05, 4.69) is 36.4 Å². The minimum absolute atomic E-state index is 0.165. The number of anilines is 2. The smallest absolute Gasteiger partial charge is 0.236 e. The molecule has 0 bridgehead atoms. The van der Waals surface area contributed by atoms with Gasteiger partial charge in [0.25, 0.3) is 0 Å². The topological polar surface area (TPSA) is 98.7 Å². The molecular formula is C10H11BrN6OS.